The summed E-state index contributed by atoms with van der Waals surface area (Å²) < 4.78 is 0. The van der Waals surface area contributed by atoms with Crippen molar-refractivity contribution < 1.29 is 9.90 Å². The van der Waals surface area contributed by atoms with Crippen molar-refractivity contribution in [3.63, 3.8) is 0 Å². The maximum absolute atomic E-state index is 10.3. The number of β-lactam (4-membered cyclic amide) rings is 1. The summed E-state index contributed by atoms with van der Waals surface area (Å²) in [6, 6.07) is -0.178. The summed E-state index contributed by atoms with van der Waals surface area (Å²) in [7, 11) is 0. The maximum atomic E-state index is 10.3. The Bertz CT molecular complexity index is 141. The highest BCUT2D eigenvalue weighted by atomic mass is 16.3. The molecule has 0 radical (unpaired) electrons. The van der Waals surface area contributed by atoms with E-state index >= 15 is 0 Å². The largest absolute Gasteiger partial charge is 0.394 e. The molecule has 1 saturated heterocycles. The van der Waals surface area contributed by atoms with Gasteiger partial charge in [-0.25, -0.2) is 0 Å². The lowest BCUT2D eigenvalue weighted by Gasteiger charge is -2.27. The quantitative estimate of drug-likeness (QED) is 0.339. The van der Waals surface area contributed by atoms with Gasteiger partial charge >= 0.3 is 0 Å². The molecule has 0 spiro atoms. The van der Waals surface area contributed by atoms with Gasteiger partial charge in [0.15, 0.2) is 0 Å². The minimum atomic E-state index is -0.178. The van der Waals surface area contributed by atoms with Gasteiger partial charge in [0.2, 0.25) is 5.91 Å². The van der Waals surface area contributed by atoms with Crippen LogP contribution < -0.4 is 5.32 Å². The van der Waals surface area contributed by atoms with Crippen molar-refractivity contribution in [1.29, 1.82) is 0 Å². The molecule has 2 N–H and O–H groups in total. The van der Waals surface area contributed by atoms with Gasteiger partial charge in [-0.2, -0.15) is 0 Å². The zero-order chi connectivity index (χ0) is 6.15. The molecule has 44 valence electrons. The van der Waals surface area contributed by atoms with Gasteiger partial charge in [-0.1, -0.05) is 6.58 Å². The highest BCUT2D eigenvalue weighted by Crippen LogP contribution is 2.08. The zero-order valence-corrected chi connectivity index (χ0v) is 4.35. The second-order valence-corrected chi connectivity index (χ2v) is 1.73. The van der Waals surface area contributed by atoms with Crippen molar-refractivity contribution in [2.75, 3.05) is 6.61 Å². The van der Waals surface area contributed by atoms with E-state index in [2.05, 4.69) is 11.9 Å². The number of hydrogen-bond donors (Lipinski definition) is 2. The Kier molecular flexibility index (Phi) is 1.06. The summed E-state index contributed by atoms with van der Waals surface area (Å²) in [5.41, 5.74) is 0.479. The number of hydrogen-bond acceptors (Lipinski definition) is 2. The second-order valence-electron chi connectivity index (χ2n) is 1.73. The summed E-state index contributed by atoms with van der Waals surface area (Å²) in [5.74, 6) is -0.149. The predicted octanol–water partition coefficient (Wildman–Crippen LogP) is -0.967. The molecule has 0 bridgehead atoms. The fourth-order valence-electron chi connectivity index (χ4n) is 0.574. The molecule has 8 heavy (non-hydrogen) atoms. The first-order chi connectivity index (χ1) is 3.75. The second kappa shape index (κ2) is 1.59. The average Bonchev–Trinajstić information content (AvgIpc) is 1.81. The topological polar surface area (TPSA) is 49.3 Å². The number of rotatable bonds is 1. The normalized spacial score (nSPS) is 26.9. The van der Waals surface area contributed by atoms with Crippen LogP contribution >= 0.6 is 0 Å². The molecule has 0 aromatic rings. The fraction of sp³-hybridized carbons (Fsp3) is 0.400. The van der Waals surface area contributed by atoms with E-state index in [1.54, 1.807) is 0 Å². The summed E-state index contributed by atoms with van der Waals surface area (Å²) in [6.45, 7) is 3.38. The maximum Gasteiger partial charge on any atom is 0.249 e. The number of aliphatic hydroxyl groups is 1. The lowest BCUT2D eigenvalue weighted by molar-refractivity contribution is -0.122. The lowest BCUT2D eigenvalue weighted by Crippen LogP contribution is -2.52. The Morgan fingerprint density at radius 2 is 2.50 bits per heavy atom. The highest BCUT2D eigenvalue weighted by molar-refractivity contribution is 6.01. The first-order valence-corrected chi connectivity index (χ1v) is 2.36. The zero-order valence-electron chi connectivity index (χ0n) is 4.35. The van der Waals surface area contributed by atoms with E-state index in [-0.39, 0.29) is 18.6 Å². The molecule has 3 heteroatoms. The van der Waals surface area contributed by atoms with Crippen LogP contribution in [0.4, 0.5) is 0 Å². The van der Waals surface area contributed by atoms with E-state index in [9.17, 15) is 4.79 Å². The van der Waals surface area contributed by atoms with Gasteiger partial charge in [0, 0.05) is 5.57 Å². The van der Waals surface area contributed by atoms with Crippen molar-refractivity contribution in [3.8, 4) is 0 Å². The lowest BCUT2D eigenvalue weighted by atomic mass is 10.0. The Morgan fingerprint density at radius 3 is 2.62 bits per heavy atom. The molecule has 0 unspecified atom stereocenters. The molecule has 1 aliphatic heterocycles. The smallest absolute Gasteiger partial charge is 0.249 e. The summed E-state index contributed by atoms with van der Waals surface area (Å²) in [4.78, 5) is 10.3. The number of aliphatic hydroxyl groups excluding tert-OH is 1. The molecule has 3 nitrogen and oxygen atoms in total. The Morgan fingerprint density at radius 1 is 1.88 bits per heavy atom. The number of carbonyl (C=O) groups excluding carboxylic acids is 1. The molecule has 0 aromatic heterocycles. The monoisotopic (exact) mass is 113 g/mol. The van der Waals surface area contributed by atoms with Crippen LogP contribution in [-0.4, -0.2) is 23.7 Å². The van der Waals surface area contributed by atoms with E-state index in [0.717, 1.165) is 0 Å². The first kappa shape index (κ1) is 5.31. The van der Waals surface area contributed by atoms with Gasteiger partial charge in [0.1, 0.15) is 0 Å². The number of carbonyl (C=O) groups is 1. The molecule has 1 atom stereocenters. The van der Waals surface area contributed by atoms with Crippen molar-refractivity contribution in [2.24, 2.45) is 0 Å². The summed E-state index contributed by atoms with van der Waals surface area (Å²) in [6.07, 6.45) is 0. The third-order valence-corrected chi connectivity index (χ3v) is 1.20. The number of nitrogens with one attached hydrogen (secondary N) is 1. The van der Waals surface area contributed by atoms with Crippen LogP contribution in [0.3, 0.4) is 0 Å². The molecule has 0 aromatic carbocycles. The number of amides is 1. The van der Waals surface area contributed by atoms with Crippen LogP contribution in [0.5, 0.6) is 0 Å². The average molecular weight is 113 g/mol. The van der Waals surface area contributed by atoms with Gasteiger partial charge in [0.25, 0.3) is 0 Å². The van der Waals surface area contributed by atoms with Gasteiger partial charge < -0.3 is 10.4 Å². The Hall–Kier alpha value is -0.830. The molecule has 1 fully saturated rings. The Labute approximate surface area is 47.0 Å². The van der Waals surface area contributed by atoms with E-state index in [1.165, 1.54) is 0 Å². The van der Waals surface area contributed by atoms with Crippen LogP contribution in [0.2, 0.25) is 0 Å². The van der Waals surface area contributed by atoms with Crippen LogP contribution in [0.15, 0.2) is 12.2 Å². The predicted molar refractivity (Wildman–Crippen MR) is 28.2 cm³/mol. The third-order valence-electron chi connectivity index (χ3n) is 1.20. The highest BCUT2D eigenvalue weighted by Gasteiger charge is 2.29. The Balaban J connectivity index is 2.48. The molecule has 0 aliphatic carbocycles. The van der Waals surface area contributed by atoms with Crippen molar-refractivity contribution >= 4 is 5.91 Å². The third kappa shape index (κ3) is 0.518. The van der Waals surface area contributed by atoms with Crippen molar-refractivity contribution in [2.45, 2.75) is 6.04 Å². The van der Waals surface area contributed by atoms with Crippen LogP contribution in [0, 0.1) is 0 Å². The fourth-order valence-corrected chi connectivity index (χ4v) is 0.574. The van der Waals surface area contributed by atoms with E-state index in [0.29, 0.717) is 5.57 Å². The van der Waals surface area contributed by atoms with Crippen molar-refractivity contribution in [1.82, 2.24) is 5.32 Å². The molecule has 1 heterocycles. The molecule has 1 amide bonds. The van der Waals surface area contributed by atoms with Crippen molar-refractivity contribution in [3.05, 3.63) is 12.2 Å². The van der Waals surface area contributed by atoms with E-state index in [1.807, 2.05) is 0 Å². The first-order valence-electron chi connectivity index (χ1n) is 2.36. The van der Waals surface area contributed by atoms with Crippen LogP contribution in [0.25, 0.3) is 0 Å². The molecular formula is C5H7NO2. The standard InChI is InChI=1S/C5H7NO2/c1-3-4(2-7)6-5(3)8/h4,7H,1-2H2,(H,6,8)/t4-/m1/s1. The summed E-state index contributed by atoms with van der Waals surface area (Å²) >= 11 is 0. The van der Waals surface area contributed by atoms with Gasteiger partial charge in [-0.05, 0) is 0 Å². The van der Waals surface area contributed by atoms with Crippen LogP contribution in [0.1, 0.15) is 0 Å². The SMILES string of the molecule is C=C1C(=O)N[C@@H]1CO. The summed E-state index contributed by atoms with van der Waals surface area (Å²) in [5, 5.41) is 10.9. The molecular weight excluding hydrogens is 106 g/mol. The van der Waals surface area contributed by atoms with Gasteiger partial charge in [0.05, 0.1) is 12.6 Å². The van der Waals surface area contributed by atoms with Gasteiger partial charge in [-0.3, -0.25) is 4.79 Å². The van der Waals surface area contributed by atoms with Gasteiger partial charge in [-0.15, -0.1) is 0 Å². The molecule has 1 rings (SSSR count). The van der Waals surface area contributed by atoms with E-state index in [4.69, 9.17) is 5.11 Å². The minimum absolute atomic E-state index is 0.0371. The van der Waals surface area contributed by atoms with Crippen LogP contribution in [-0.2, 0) is 4.79 Å². The molecule has 1 aliphatic rings. The minimum Gasteiger partial charge on any atom is -0.394 e. The van der Waals surface area contributed by atoms with E-state index < -0.39 is 0 Å². The molecule has 0 saturated carbocycles.